The van der Waals surface area contributed by atoms with Crippen LogP contribution in [0.3, 0.4) is 0 Å². The Balaban J connectivity index is 2.64. The number of anilines is 1. The molecule has 0 radical (unpaired) electrons. The lowest BCUT2D eigenvalue weighted by Crippen LogP contribution is -2.29. The van der Waals surface area contributed by atoms with E-state index >= 15 is 0 Å². The van der Waals surface area contributed by atoms with Gasteiger partial charge in [0.1, 0.15) is 0 Å². The van der Waals surface area contributed by atoms with E-state index in [-0.39, 0.29) is 0 Å². The molecule has 0 aliphatic heterocycles. The Bertz CT molecular complexity index is 869. The number of nitrogens with two attached hydrogens (primary N) is 1. The number of methoxy groups -OCH3 is 1. The maximum atomic E-state index is 12.4. The average molecular weight is 390 g/mol. The van der Waals surface area contributed by atoms with E-state index in [1.807, 2.05) is 65.8 Å². The summed E-state index contributed by atoms with van der Waals surface area (Å²) < 4.78 is 11.0. The number of halogens is 1. The molecule has 1 atom stereocenters. The van der Waals surface area contributed by atoms with Gasteiger partial charge in [0.25, 0.3) is 0 Å². The molecular weight excluding hydrogens is 362 g/mol. The second-order valence-electron chi connectivity index (χ2n) is 7.79. The van der Waals surface area contributed by atoms with Gasteiger partial charge in [0, 0.05) is 16.3 Å². The molecule has 5 heteroatoms. The minimum absolute atomic E-state index is 0.443. The zero-order valence-corrected chi connectivity index (χ0v) is 17.8. The third-order valence-corrected chi connectivity index (χ3v) is 4.91. The number of rotatable bonds is 4. The molecule has 0 aliphatic carbocycles. The van der Waals surface area contributed by atoms with Crippen LogP contribution >= 0.6 is 11.6 Å². The molecule has 0 heterocycles. The van der Waals surface area contributed by atoms with E-state index in [4.69, 9.17) is 26.8 Å². The Kier molecular flexibility index (Phi) is 6.23. The number of hydrogen-bond donors (Lipinski definition) is 1. The van der Waals surface area contributed by atoms with Gasteiger partial charge in [-0.15, -0.1) is 0 Å². The molecule has 0 spiro atoms. The highest BCUT2D eigenvalue weighted by atomic mass is 35.5. The number of carbonyl (C=O) groups excluding carboxylic acids is 1. The van der Waals surface area contributed by atoms with Crippen molar-refractivity contribution in [1.29, 1.82) is 0 Å². The van der Waals surface area contributed by atoms with Crippen molar-refractivity contribution in [3.63, 3.8) is 0 Å². The van der Waals surface area contributed by atoms with Crippen LogP contribution in [0.2, 0.25) is 5.02 Å². The van der Waals surface area contributed by atoms with Crippen LogP contribution in [0.5, 0.6) is 0 Å². The molecule has 0 unspecified atom stereocenters. The Morgan fingerprint density at radius 1 is 1.11 bits per heavy atom. The zero-order chi connectivity index (χ0) is 20.5. The Morgan fingerprint density at radius 2 is 1.74 bits per heavy atom. The highest BCUT2D eigenvalue weighted by molar-refractivity contribution is 6.31. The first-order valence-corrected chi connectivity index (χ1v) is 9.25. The number of hydrogen-bond acceptors (Lipinski definition) is 4. The fraction of sp³-hybridized carbons (Fsp3) is 0.409. The molecule has 27 heavy (non-hydrogen) atoms. The molecule has 2 rings (SSSR count). The first kappa shape index (κ1) is 21.3. The topological polar surface area (TPSA) is 61.5 Å². The summed E-state index contributed by atoms with van der Waals surface area (Å²) in [6.45, 7) is 11.5. The summed E-state index contributed by atoms with van der Waals surface area (Å²) in [7, 11) is 1.36. The van der Waals surface area contributed by atoms with Crippen molar-refractivity contribution in [1.82, 2.24) is 0 Å². The van der Waals surface area contributed by atoms with Gasteiger partial charge in [-0.1, -0.05) is 23.7 Å². The molecular formula is C22H28ClNO3. The normalized spacial score (nSPS) is 12.7. The van der Waals surface area contributed by atoms with E-state index in [0.29, 0.717) is 10.7 Å². The van der Waals surface area contributed by atoms with Crippen LogP contribution in [0, 0.1) is 20.8 Å². The van der Waals surface area contributed by atoms with Gasteiger partial charge in [0.05, 0.1) is 12.7 Å². The van der Waals surface area contributed by atoms with Crippen molar-refractivity contribution in [3.05, 3.63) is 51.5 Å². The quantitative estimate of drug-likeness (QED) is 0.550. The van der Waals surface area contributed by atoms with Gasteiger partial charge >= 0.3 is 5.97 Å². The van der Waals surface area contributed by atoms with E-state index in [1.165, 1.54) is 7.11 Å². The van der Waals surface area contributed by atoms with Crippen molar-refractivity contribution < 1.29 is 14.3 Å². The summed E-state index contributed by atoms with van der Waals surface area (Å²) in [6.07, 6.45) is -0.836. The fourth-order valence-electron chi connectivity index (χ4n) is 3.12. The molecule has 2 aromatic carbocycles. The minimum Gasteiger partial charge on any atom is -0.467 e. The molecule has 2 N–H and O–H groups in total. The van der Waals surface area contributed by atoms with Crippen LogP contribution < -0.4 is 5.73 Å². The molecule has 0 bridgehead atoms. The van der Waals surface area contributed by atoms with Crippen molar-refractivity contribution in [2.45, 2.75) is 53.2 Å². The number of esters is 1. The van der Waals surface area contributed by atoms with Crippen molar-refractivity contribution in [2.24, 2.45) is 0 Å². The number of ether oxygens (including phenoxy) is 2. The third kappa shape index (κ3) is 4.63. The van der Waals surface area contributed by atoms with Gasteiger partial charge in [0.2, 0.25) is 0 Å². The van der Waals surface area contributed by atoms with Crippen molar-refractivity contribution >= 4 is 23.3 Å². The second kappa shape index (κ2) is 7.91. The van der Waals surface area contributed by atoms with E-state index in [2.05, 4.69) is 0 Å². The van der Waals surface area contributed by atoms with Crippen LogP contribution in [0.15, 0.2) is 24.3 Å². The van der Waals surface area contributed by atoms with E-state index in [0.717, 1.165) is 33.4 Å². The lowest BCUT2D eigenvalue weighted by atomic mass is 9.90. The molecule has 0 fully saturated rings. The predicted molar refractivity (Wildman–Crippen MR) is 111 cm³/mol. The predicted octanol–water partition coefficient (Wildman–Crippen LogP) is 5.54. The van der Waals surface area contributed by atoms with Crippen LogP contribution in [0.1, 0.15) is 49.1 Å². The third-order valence-electron chi connectivity index (χ3n) is 4.49. The monoisotopic (exact) mass is 389 g/mol. The highest BCUT2D eigenvalue weighted by Gasteiger charge is 2.30. The number of aryl methyl sites for hydroxylation is 2. The van der Waals surface area contributed by atoms with Gasteiger partial charge < -0.3 is 15.2 Å². The second-order valence-corrected chi connectivity index (χ2v) is 8.20. The standard InChI is InChI=1S/C22H28ClNO3/c1-12-10-15(8-9-17(12)23)18-13(2)11-16(14(3)19(18)24)20(21(25)26-7)27-22(4,5)6/h8-11,20H,24H2,1-7H3/t20-/m0/s1. The SMILES string of the molecule is COC(=O)[C@@H](OC(C)(C)C)c1cc(C)c(-c2ccc(Cl)c(C)c2)c(N)c1C. The summed E-state index contributed by atoms with van der Waals surface area (Å²) in [5.74, 6) is -0.443. The summed E-state index contributed by atoms with van der Waals surface area (Å²) in [4.78, 5) is 12.4. The Labute approximate surface area is 166 Å². The Hall–Kier alpha value is -2.04. The molecule has 4 nitrogen and oxygen atoms in total. The molecule has 0 saturated heterocycles. The lowest BCUT2D eigenvalue weighted by molar-refractivity contribution is -0.164. The van der Waals surface area contributed by atoms with Gasteiger partial charge in [-0.3, -0.25) is 0 Å². The molecule has 0 amide bonds. The van der Waals surface area contributed by atoms with E-state index in [9.17, 15) is 4.79 Å². The maximum Gasteiger partial charge on any atom is 0.339 e. The largest absolute Gasteiger partial charge is 0.467 e. The molecule has 0 aromatic heterocycles. The number of benzene rings is 2. The van der Waals surface area contributed by atoms with Gasteiger partial charge in [0.15, 0.2) is 6.10 Å². The van der Waals surface area contributed by atoms with Crippen LogP contribution in [-0.2, 0) is 14.3 Å². The highest BCUT2D eigenvalue weighted by Crippen LogP contribution is 2.39. The summed E-state index contributed by atoms with van der Waals surface area (Å²) in [5, 5.41) is 0.715. The Morgan fingerprint density at radius 3 is 2.26 bits per heavy atom. The van der Waals surface area contributed by atoms with Gasteiger partial charge in [-0.05, 0) is 81.5 Å². The van der Waals surface area contributed by atoms with Crippen LogP contribution in [0.25, 0.3) is 11.1 Å². The van der Waals surface area contributed by atoms with E-state index < -0.39 is 17.7 Å². The molecule has 146 valence electrons. The summed E-state index contributed by atoms with van der Waals surface area (Å²) >= 11 is 6.16. The molecule has 0 aliphatic rings. The van der Waals surface area contributed by atoms with Crippen LogP contribution in [0.4, 0.5) is 5.69 Å². The lowest BCUT2D eigenvalue weighted by Gasteiger charge is -2.28. The first-order chi connectivity index (χ1) is 12.5. The molecule has 0 saturated carbocycles. The van der Waals surface area contributed by atoms with Crippen LogP contribution in [-0.4, -0.2) is 18.7 Å². The number of carbonyl (C=O) groups is 1. The first-order valence-electron chi connectivity index (χ1n) is 8.88. The average Bonchev–Trinajstić information content (AvgIpc) is 2.58. The van der Waals surface area contributed by atoms with Gasteiger partial charge in [-0.25, -0.2) is 4.79 Å². The minimum atomic E-state index is -0.836. The summed E-state index contributed by atoms with van der Waals surface area (Å²) in [6, 6.07) is 7.80. The van der Waals surface area contributed by atoms with Crippen molar-refractivity contribution in [2.75, 3.05) is 12.8 Å². The number of nitrogen functional groups attached to an aromatic ring is 1. The fourth-order valence-corrected chi connectivity index (χ4v) is 3.24. The smallest absolute Gasteiger partial charge is 0.339 e. The van der Waals surface area contributed by atoms with E-state index in [1.54, 1.807) is 0 Å². The van der Waals surface area contributed by atoms with Crippen molar-refractivity contribution in [3.8, 4) is 11.1 Å². The summed E-state index contributed by atoms with van der Waals surface area (Å²) in [5.41, 5.74) is 12.0. The molecule has 2 aromatic rings. The maximum absolute atomic E-state index is 12.4. The zero-order valence-electron chi connectivity index (χ0n) is 17.1. The van der Waals surface area contributed by atoms with Gasteiger partial charge in [-0.2, -0.15) is 0 Å².